The number of hydrogen-bond donors (Lipinski definition) is 1. The molecule has 1 aliphatic heterocycles. The van der Waals surface area contributed by atoms with E-state index >= 15 is 0 Å². The van der Waals surface area contributed by atoms with Crippen LogP contribution in [-0.4, -0.2) is 16.1 Å². The third-order valence-electron chi connectivity index (χ3n) is 1.61. The Morgan fingerprint density at radius 3 is 3.40 bits per heavy atom. The molecule has 0 aromatic carbocycles. The second-order valence-corrected chi connectivity index (χ2v) is 3.17. The number of aromatic nitrogens is 2. The number of nitrogens with one attached hydrogen (secondary N) is 1. The average molecular weight is 202 g/mol. The number of aryl methyl sites for hydroxylation is 1. The summed E-state index contributed by atoms with van der Waals surface area (Å²) in [6, 6.07) is 0. The van der Waals surface area contributed by atoms with Crippen molar-refractivity contribution in [1.29, 1.82) is 0 Å². The zero-order valence-corrected chi connectivity index (χ0v) is 7.06. The van der Waals surface area contributed by atoms with E-state index in [2.05, 4.69) is 30.8 Å². The Morgan fingerprint density at radius 1 is 1.70 bits per heavy atom. The van der Waals surface area contributed by atoms with Crippen LogP contribution in [0.3, 0.4) is 0 Å². The molecule has 0 unspecified atom stereocenters. The Morgan fingerprint density at radius 2 is 2.60 bits per heavy atom. The lowest BCUT2D eigenvalue weighted by atomic mass is 10.4. The molecule has 10 heavy (non-hydrogen) atoms. The van der Waals surface area contributed by atoms with Gasteiger partial charge in [-0.05, 0) is 22.4 Å². The number of rotatable bonds is 0. The summed E-state index contributed by atoms with van der Waals surface area (Å²) in [6.07, 6.45) is 3.19. The Balaban J connectivity index is 2.41. The molecule has 1 aromatic heterocycles. The lowest BCUT2D eigenvalue weighted by Gasteiger charge is -2.14. The molecule has 0 saturated carbocycles. The lowest BCUT2D eigenvalue weighted by Crippen LogP contribution is -2.16. The Hall–Kier alpha value is -0.510. The molecular formula is C6H8BrN3. The molecule has 2 rings (SSSR count). The first-order valence-corrected chi connectivity index (χ1v) is 4.12. The van der Waals surface area contributed by atoms with E-state index < -0.39 is 0 Å². The number of anilines is 1. The van der Waals surface area contributed by atoms with Crippen LogP contribution in [-0.2, 0) is 6.54 Å². The highest BCUT2D eigenvalue weighted by molar-refractivity contribution is 9.10. The van der Waals surface area contributed by atoms with Gasteiger partial charge < -0.3 is 9.88 Å². The molecular weight excluding hydrogens is 194 g/mol. The van der Waals surface area contributed by atoms with E-state index in [9.17, 15) is 0 Å². The van der Waals surface area contributed by atoms with E-state index in [0.717, 1.165) is 23.6 Å². The molecule has 0 fully saturated rings. The highest BCUT2D eigenvalue weighted by Crippen LogP contribution is 2.16. The van der Waals surface area contributed by atoms with Crippen LogP contribution >= 0.6 is 15.9 Å². The van der Waals surface area contributed by atoms with Gasteiger partial charge in [0, 0.05) is 19.3 Å². The van der Waals surface area contributed by atoms with Crippen molar-refractivity contribution in [1.82, 2.24) is 9.55 Å². The van der Waals surface area contributed by atoms with Crippen molar-refractivity contribution in [3.8, 4) is 0 Å². The van der Waals surface area contributed by atoms with Gasteiger partial charge in [0.1, 0.15) is 4.60 Å². The van der Waals surface area contributed by atoms with Crippen LogP contribution < -0.4 is 5.32 Å². The largest absolute Gasteiger partial charge is 0.356 e. The van der Waals surface area contributed by atoms with Crippen molar-refractivity contribution in [2.24, 2.45) is 0 Å². The smallest absolute Gasteiger partial charge is 0.203 e. The van der Waals surface area contributed by atoms with Crippen molar-refractivity contribution in [3.63, 3.8) is 0 Å². The van der Waals surface area contributed by atoms with Crippen LogP contribution in [0.5, 0.6) is 0 Å². The molecule has 0 atom stereocenters. The molecule has 0 bridgehead atoms. The normalized spacial score (nSPS) is 16.1. The zero-order chi connectivity index (χ0) is 6.97. The van der Waals surface area contributed by atoms with Crippen LogP contribution in [0, 0.1) is 0 Å². The van der Waals surface area contributed by atoms with Gasteiger partial charge in [0.2, 0.25) is 5.95 Å². The molecule has 0 spiro atoms. The summed E-state index contributed by atoms with van der Waals surface area (Å²) in [7, 11) is 0. The molecule has 0 amide bonds. The van der Waals surface area contributed by atoms with Crippen molar-refractivity contribution in [2.75, 3.05) is 11.9 Å². The molecule has 1 aromatic rings. The highest BCUT2D eigenvalue weighted by Gasteiger charge is 2.08. The second-order valence-electron chi connectivity index (χ2n) is 2.36. The van der Waals surface area contributed by atoms with Gasteiger partial charge in [-0.2, -0.15) is 0 Å². The Bertz CT molecular complexity index is 220. The first-order valence-electron chi connectivity index (χ1n) is 3.33. The molecule has 0 saturated heterocycles. The van der Waals surface area contributed by atoms with Crippen molar-refractivity contribution in [2.45, 2.75) is 13.0 Å². The number of nitrogens with zero attached hydrogens (tertiary/aromatic N) is 2. The maximum atomic E-state index is 4.22. The third-order valence-corrected chi connectivity index (χ3v) is 1.99. The maximum absolute atomic E-state index is 4.22. The van der Waals surface area contributed by atoms with Crippen LogP contribution in [0.1, 0.15) is 6.42 Å². The van der Waals surface area contributed by atoms with E-state index in [1.54, 1.807) is 0 Å². The fourth-order valence-electron chi connectivity index (χ4n) is 1.15. The minimum Gasteiger partial charge on any atom is -0.356 e. The summed E-state index contributed by atoms with van der Waals surface area (Å²) >= 11 is 3.32. The number of halogens is 1. The summed E-state index contributed by atoms with van der Waals surface area (Å²) in [5.41, 5.74) is 0. The maximum Gasteiger partial charge on any atom is 0.203 e. The SMILES string of the molecule is Brc1cn2c(n1)NCCC2. The van der Waals surface area contributed by atoms with Crippen LogP contribution in [0.2, 0.25) is 0 Å². The topological polar surface area (TPSA) is 29.9 Å². The van der Waals surface area contributed by atoms with Gasteiger partial charge in [-0.3, -0.25) is 0 Å². The van der Waals surface area contributed by atoms with E-state index in [0.29, 0.717) is 0 Å². The molecule has 54 valence electrons. The summed E-state index contributed by atoms with van der Waals surface area (Å²) in [5, 5.41) is 3.21. The predicted molar refractivity (Wildman–Crippen MR) is 43.0 cm³/mol. The number of imidazole rings is 1. The lowest BCUT2D eigenvalue weighted by molar-refractivity contribution is 0.627. The summed E-state index contributed by atoms with van der Waals surface area (Å²) in [5.74, 6) is 0.984. The van der Waals surface area contributed by atoms with Gasteiger partial charge >= 0.3 is 0 Å². The molecule has 1 N–H and O–H groups in total. The minimum absolute atomic E-state index is 0.914. The molecule has 3 nitrogen and oxygen atoms in total. The number of hydrogen-bond acceptors (Lipinski definition) is 2. The fourth-order valence-corrected chi connectivity index (χ4v) is 1.56. The number of fused-ring (bicyclic) bond motifs is 1. The Kier molecular flexibility index (Phi) is 1.41. The minimum atomic E-state index is 0.914. The van der Waals surface area contributed by atoms with Gasteiger partial charge in [-0.15, -0.1) is 0 Å². The van der Waals surface area contributed by atoms with E-state index in [-0.39, 0.29) is 0 Å². The monoisotopic (exact) mass is 201 g/mol. The molecule has 2 heterocycles. The quantitative estimate of drug-likeness (QED) is 0.690. The van der Waals surface area contributed by atoms with E-state index in [1.807, 2.05) is 6.20 Å². The van der Waals surface area contributed by atoms with Crippen LogP contribution in [0.15, 0.2) is 10.8 Å². The van der Waals surface area contributed by atoms with Gasteiger partial charge in [-0.1, -0.05) is 0 Å². The van der Waals surface area contributed by atoms with Crippen molar-refractivity contribution in [3.05, 3.63) is 10.8 Å². The van der Waals surface area contributed by atoms with Gasteiger partial charge in [0.15, 0.2) is 0 Å². The predicted octanol–water partition coefficient (Wildman–Crippen LogP) is 1.46. The van der Waals surface area contributed by atoms with Crippen molar-refractivity contribution >= 4 is 21.9 Å². The van der Waals surface area contributed by atoms with Crippen molar-refractivity contribution < 1.29 is 0 Å². The standard InChI is InChI=1S/C6H8BrN3/c7-5-4-10-3-1-2-8-6(10)9-5/h4H,1-3H2,(H,8,9). The van der Waals surface area contributed by atoms with Crippen LogP contribution in [0.4, 0.5) is 5.95 Å². The molecule has 1 aliphatic rings. The third kappa shape index (κ3) is 0.923. The first-order chi connectivity index (χ1) is 4.86. The molecule has 0 radical (unpaired) electrons. The van der Waals surface area contributed by atoms with Gasteiger partial charge in [0.05, 0.1) is 0 Å². The second kappa shape index (κ2) is 2.27. The van der Waals surface area contributed by atoms with Gasteiger partial charge in [-0.25, -0.2) is 4.98 Å². The fraction of sp³-hybridized carbons (Fsp3) is 0.500. The Labute approximate surface area is 67.6 Å². The van der Waals surface area contributed by atoms with E-state index in [4.69, 9.17) is 0 Å². The first kappa shape index (κ1) is 6.22. The van der Waals surface area contributed by atoms with Crippen LogP contribution in [0.25, 0.3) is 0 Å². The summed E-state index contributed by atoms with van der Waals surface area (Å²) < 4.78 is 3.03. The molecule has 4 heteroatoms. The summed E-state index contributed by atoms with van der Waals surface area (Å²) in [6.45, 7) is 2.13. The summed E-state index contributed by atoms with van der Waals surface area (Å²) in [4.78, 5) is 4.22. The highest BCUT2D eigenvalue weighted by atomic mass is 79.9. The average Bonchev–Trinajstić information content (AvgIpc) is 2.27. The van der Waals surface area contributed by atoms with E-state index in [1.165, 1.54) is 6.42 Å². The van der Waals surface area contributed by atoms with Gasteiger partial charge in [0.25, 0.3) is 0 Å². The molecule has 0 aliphatic carbocycles. The zero-order valence-electron chi connectivity index (χ0n) is 5.47.